The first kappa shape index (κ1) is 13.5. The number of carbonyl (C=O) groups is 1. The van der Waals surface area contributed by atoms with E-state index in [2.05, 4.69) is 11.9 Å². The summed E-state index contributed by atoms with van der Waals surface area (Å²) < 4.78 is 5.71. The van der Waals surface area contributed by atoms with Crippen molar-refractivity contribution in [2.24, 2.45) is 5.73 Å². The summed E-state index contributed by atoms with van der Waals surface area (Å²) in [4.78, 5) is 15.0. The van der Waals surface area contributed by atoms with Crippen LogP contribution in [0, 0.1) is 0 Å². The molecule has 0 unspecified atom stereocenters. The van der Waals surface area contributed by atoms with Crippen molar-refractivity contribution in [2.75, 3.05) is 0 Å². The molecule has 0 aliphatic carbocycles. The molecule has 1 amide bonds. The summed E-state index contributed by atoms with van der Waals surface area (Å²) in [5.74, 6) is 0.0188. The zero-order valence-corrected chi connectivity index (χ0v) is 10.5. The molecular formula is C13H20N2O2. The molecule has 0 fully saturated rings. The van der Waals surface area contributed by atoms with Crippen LogP contribution in [0.15, 0.2) is 18.5 Å². The van der Waals surface area contributed by atoms with E-state index < -0.39 is 5.91 Å². The van der Waals surface area contributed by atoms with Gasteiger partial charge >= 0.3 is 0 Å². The van der Waals surface area contributed by atoms with Gasteiger partial charge in [0.15, 0.2) is 0 Å². The van der Waals surface area contributed by atoms with Gasteiger partial charge in [-0.1, -0.05) is 19.8 Å². The highest BCUT2D eigenvalue weighted by atomic mass is 16.5. The third kappa shape index (κ3) is 4.43. The van der Waals surface area contributed by atoms with Gasteiger partial charge in [-0.2, -0.15) is 0 Å². The van der Waals surface area contributed by atoms with Crippen LogP contribution in [0.25, 0.3) is 0 Å². The van der Waals surface area contributed by atoms with Crippen molar-refractivity contribution in [2.45, 2.75) is 45.6 Å². The second-order valence-corrected chi connectivity index (χ2v) is 4.16. The Morgan fingerprint density at radius 1 is 1.53 bits per heavy atom. The molecule has 1 rings (SSSR count). The van der Waals surface area contributed by atoms with Gasteiger partial charge in [-0.25, -0.2) is 0 Å². The van der Waals surface area contributed by atoms with E-state index in [0.717, 1.165) is 12.8 Å². The first-order chi connectivity index (χ1) is 8.15. The zero-order chi connectivity index (χ0) is 12.7. The van der Waals surface area contributed by atoms with Crippen LogP contribution in [-0.4, -0.2) is 17.0 Å². The number of rotatable bonds is 7. The molecule has 17 heavy (non-hydrogen) atoms. The van der Waals surface area contributed by atoms with Crippen LogP contribution in [0.5, 0.6) is 5.75 Å². The van der Waals surface area contributed by atoms with E-state index in [9.17, 15) is 4.79 Å². The molecule has 0 saturated carbocycles. The lowest BCUT2D eigenvalue weighted by Gasteiger charge is -2.15. The normalized spacial score (nSPS) is 12.1. The highest BCUT2D eigenvalue weighted by Crippen LogP contribution is 2.19. The number of carbonyl (C=O) groups excluding carboxylic acids is 1. The summed E-state index contributed by atoms with van der Waals surface area (Å²) in [6.45, 7) is 4.17. The summed E-state index contributed by atoms with van der Waals surface area (Å²) in [6.07, 6.45) is 7.63. The highest BCUT2D eigenvalue weighted by Gasteiger charge is 2.11. The number of primary amides is 1. The van der Waals surface area contributed by atoms with E-state index in [0.29, 0.717) is 11.3 Å². The Labute approximate surface area is 102 Å². The molecule has 0 aliphatic rings. The van der Waals surface area contributed by atoms with Crippen molar-refractivity contribution < 1.29 is 9.53 Å². The van der Waals surface area contributed by atoms with E-state index >= 15 is 0 Å². The standard InChI is InChI=1S/C13H20N2O2/c1-3-4-5-6-10(2)17-12-7-8-15-9-11(12)13(14)16/h7-10H,3-6H2,1-2H3,(H2,14,16)/t10-/m0/s1. The number of pyridine rings is 1. The molecule has 1 atom stereocenters. The Morgan fingerprint density at radius 2 is 2.29 bits per heavy atom. The van der Waals surface area contributed by atoms with Crippen LogP contribution in [0.3, 0.4) is 0 Å². The Kier molecular flexibility index (Phi) is 5.46. The summed E-state index contributed by atoms with van der Waals surface area (Å²) in [7, 11) is 0. The van der Waals surface area contributed by atoms with Crippen LogP contribution < -0.4 is 10.5 Å². The molecule has 1 aromatic heterocycles. The third-order valence-electron chi connectivity index (χ3n) is 2.59. The number of hydrogen-bond donors (Lipinski definition) is 1. The SMILES string of the molecule is CCCCC[C@H](C)Oc1ccncc1C(N)=O. The van der Waals surface area contributed by atoms with Crippen molar-refractivity contribution in [3.63, 3.8) is 0 Å². The van der Waals surface area contributed by atoms with E-state index in [1.54, 1.807) is 12.3 Å². The highest BCUT2D eigenvalue weighted by molar-refractivity contribution is 5.95. The largest absolute Gasteiger partial charge is 0.490 e. The molecule has 0 spiro atoms. The van der Waals surface area contributed by atoms with Gasteiger partial charge < -0.3 is 10.5 Å². The molecule has 0 aromatic carbocycles. The number of unbranched alkanes of at least 4 members (excludes halogenated alkanes) is 2. The van der Waals surface area contributed by atoms with E-state index in [-0.39, 0.29) is 6.10 Å². The Balaban J connectivity index is 2.58. The molecule has 0 radical (unpaired) electrons. The minimum Gasteiger partial charge on any atom is -0.490 e. The van der Waals surface area contributed by atoms with Crippen LogP contribution in [0.2, 0.25) is 0 Å². The summed E-state index contributed by atoms with van der Waals surface area (Å²) >= 11 is 0. The molecule has 4 nitrogen and oxygen atoms in total. The predicted molar refractivity (Wildman–Crippen MR) is 67.0 cm³/mol. The lowest BCUT2D eigenvalue weighted by molar-refractivity contribution is 0.0992. The first-order valence-electron chi connectivity index (χ1n) is 6.05. The van der Waals surface area contributed by atoms with Gasteiger partial charge in [-0.3, -0.25) is 9.78 Å². The summed E-state index contributed by atoms with van der Waals surface area (Å²) in [5.41, 5.74) is 5.60. The molecule has 0 saturated heterocycles. The van der Waals surface area contributed by atoms with E-state index in [4.69, 9.17) is 10.5 Å². The molecule has 0 bridgehead atoms. The molecule has 2 N–H and O–H groups in total. The first-order valence-corrected chi connectivity index (χ1v) is 6.05. The molecule has 94 valence electrons. The van der Waals surface area contributed by atoms with Crippen molar-refractivity contribution in [1.82, 2.24) is 4.98 Å². The Hall–Kier alpha value is -1.58. The summed E-state index contributed by atoms with van der Waals surface area (Å²) in [6, 6.07) is 1.68. The van der Waals surface area contributed by atoms with Crippen molar-refractivity contribution in [3.05, 3.63) is 24.0 Å². The van der Waals surface area contributed by atoms with Gasteiger partial charge in [0.2, 0.25) is 0 Å². The second kappa shape index (κ2) is 6.89. The Bertz CT molecular complexity index is 366. The maximum Gasteiger partial charge on any atom is 0.254 e. The van der Waals surface area contributed by atoms with Crippen molar-refractivity contribution >= 4 is 5.91 Å². The lowest BCUT2D eigenvalue weighted by Crippen LogP contribution is -2.17. The average molecular weight is 236 g/mol. The fourth-order valence-electron chi connectivity index (χ4n) is 1.63. The number of ether oxygens (including phenoxy) is 1. The van der Waals surface area contributed by atoms with Crippen LogP contribution in [0.1, 0.15) is 49.9 Å². The molecule has 1 aromatic rings. The maximum absolute atomic E-state index is 11.2. The minimum atomic E-state index is -0.506. The average Bonchev–Trinajstić information content (AvgIpc) is 2.29. The van der Waals surface area contributed by atoms with Gasteiger partial charge in [0, 0.05) is 12.4 Å². The molecule has 4 heteroatoms. The molecule has 1 heterocycles. The van der Waals surface area contributed by atoms with E-state index in [1.165, 1.54) is 19.0 Å². The van der Waals surface area contributed by atoms with Gasteiger partial charge in [0.1, 0.15) is 5.75 Å². The topological polar surface area (TPSA) is 65.2 Å². The van der Waals surface area contributed by atoms with Gasteiger partial charge in [-0.15, -0.1) is 0 Å². The maximum atomic E-state index is 11.2. The number of aromatic nitrogens is 1. The predicted octanol–water partition coefficient (Wildman–Crippen LogP) is 2.53. The van der Waals surface area contributed by atoms with Crippen molar-refractivity contribution in [3.8, 4) is 5.75 Å². The minimum absolute atomic E-state index is 0.0852. The number of nitrogens with zero attached hydrogens (tertiary/aromatic N) is 1. The summed E-state index contributed by atoms with van der Waals surface area (Å²) in [5, 5.41) is 0. The quantitative estimate of drug-likeness (QED) is 0.740. The van der Waals surface area contributed by atoms with Gasteiger partial charge in [0.25, 0.3) is 5.91 Å². The third-order valence-corrected chi connectivity index (χ3v) is 2.59. The monoisotopic (exact) mass is 236 g/mol. The zero-order valence-electron chi connectivity index (χ0n) is 10.5. The smallest absolute Gasteiger partial charge is 0.254 e. The Morgan fingerprint density at radius 3 is 2.94 bits per heavy atom. The van der Waals surface area contributed by atoms with Gasteiger partial charge in [-0.05, 0) is 25.8 Å². The second-order valence-electron chi connectivity index (χ2n) is 4.16. The van der Waals surface area contributed by atoms with E-state index in [1.807, 2.05) is 6.92 Å². The molecule has 0 aliphatic heterocycles. The van der Waals surface area contributed by atoms with Crippen LogP contribution >= 0.6 is 0 Å². The number of nitrogens with two attached hydrogens (primary N) is 1. The molecular weight excluding hydrogens is 216 g/mol. The number of hydrogen-bond acceptors (Lipinski definition) is 3. The van der Waals surface area contributed by atoms with Gasteiger partial charge in [0.05, 0.1) is 11.7 Å². The van der Waals surface area contributed by atoms with Crippen LogP contribution in [0.4, 0.5) is 0 Å². The fraction of sp³-hybridized carbons (Fsp3) is 0.538. The fourth-order valence-corrected chi connectivity index (χ4v) is 1.63. The number of amides is 1. The van der Waals surface area contributed by atoms with Crippen LogP contribution in [-0.2, 0) is 0 Å². The lowest BCUT2D eigenvalue weighted by atomic mass is 10.1. The van der Waals surface area contributed by atoms with Crippen molar-refractivity contribution in [1.29, 1.82) is 0 Å².